The van der Waals surface area contributed by atoms with Gasteiger partial charge in [0.15, 0.2) is 0 Å². The van der Waals surface area contributed by atoms with E-state index < -0.39 is 12.0 Å². The van der Waals surface area contributed by atoms with Gasteiger partial charge < -0.3 is 15.4 Å². The van der Waals surface area contributed by atoms with E-state index in [1.54, 1.807) is 12.1 Å². The van der Waals surface area contributed by atoms with Crippen molar-refractivity contribution in [2.75, 3.05) is 18.5 Å². The van der Waals surface area contributed by atoms with Crippen molar-refractivity contribution in [1.82, 2.24) is 4.98 Å². The third-order valence-corrected chi connectivity index (χ3v) is 3.56. The van der Waals surface area contributed by atoms with Crippen LogP contribution in [0, 0.1) is 0 Å². The summed E-state index contributed by atoms with van der Waals surface area (Å²) < 4.78 is 5.20. The van der Waals surface area contributed by atoms with Gasteiger partial charge in [-0.15, -0.1) is 24.8 Å². The molecule has 0 saturated carbocycles. The second-order valence-corrected chi connectivity index (χ2v) is 5.83. The van der Waals surface area contributed by atoms with Crippen LogP contribution in [0.25, 0.3) is 0 Å². The van der Waals surface area contributed by atoms with Gasteiger partial charge >= 0.3 is 5.97 Å². The van der Waals surface area contributed by atoms with Crippen LogP contribution in [-0.2, 0) is 16.1 Å². The molecule has 138 valence electrons. The molecule has 1 heterocycles. The van der Waals surface area contributed by atoms with Crippen molar-refractivity contribution in [2.45, 2.75) is 12.6 Å². The molecule has 0 spiro atoms. The smallest absolute Gasteiger partial charge is 0.325 e. The Labute approximate surface area is 169 Å². The highest BCUT2D eigenvalue weighted by atomic mass is 35.5. The van der Waals surface area contributed by atoms with Crippen molar-refractivity contribution in [3.05, 3.63) is 58.3 Å². The Kier molecular flexibility index (Phi) is 10.8. The molecular weight excluding hydrogens is 408 g/mol. The van der Waals surface area contributed by atoms with Gasteiger partial charge in [-0.1, -0.05) is 41.4 Å². The molecule has 0 unspecified atom stereocenters. The molecule has 2 aromatic rings. The third-order valence-electron chi connectivity index (χ3n) is 3.17. The molecule has 25 heavy (non-hydrogen) atoms. The van der Waals surface area contributed by atoms with Gasteiger partial charge in [-0.3, -0.25) is 4.79 Å². The summed E-state index contributed by atoms with van der Waals surface area (Å²) in [5.41, 5.74) is 7.53. The first kappa shape index (κ1) is 23.8. The van der Waals surface area contributed by atoms with Gasteiger partial charge in [0.05, 0.1) is 0 Å². The van der Waals surface area contributed by atoms with Gasteiger partial charge in [-0.2, -0.15) is 0 Å². The number of aromatic nitrogens is 1. The van der Waals surface area contributed by atoms with Gasteiger partial charge in [0, 0.05) is 19.3 Å². The normalized spacial score (nSPS) is 10.9. The lowest BCUT2D eigenvalue weighted by atomic mass is 10.2. The van der Waals surface area contributed by atoms with E-state index in [2.05, 4.69) is 4.98 Å². The number of nitrogens with zero attached hydrogens (tertiary/aromatic N) is 2. The Bertz CT molecular complexity index is 653. The summed E-state index contributed by atoms with van der Waals surface area (Å²) in [5.74, 6) is -0.489. The number of esters is 1. The van der Waals surface area contributed by atoms with E-state index in [0.29, 0.717) is 12.1 Å². The summed E-state index contributed by atoms with van der Waals surface area (Å²) in [6, 6.07) is 12.1. The Hall–Kier alpha value is -1.24. The van der Waals surface area contributed by atoms with Crippen LogP contribution in [0.4, 0.5) is 5.69 Å². The topological polar surface area (TPSA) is 68.5 Å². The zero-order valence-electron chi connectivity index (χ0n) is 13.4. The predicted molar refractivity (Wildman–Crippen MR) is 106 cm³/mol. The molecule has 0 amide bonds. The van der Waals surface area contributed by atoms with E-state index in [1.165, 1.54) is 0 Å². The van der Waals surface area contributed by atoms with Crippen molar-refractivity contribution in [1.29, 1.82) is 0 Å². The molecule has 0 aliphatic heterocycles. The molecule has 0 fully saturated rings. The average molecular weight is 427 g/mol. The Balaban J connectivity index is 0.00000288. The molecule has 1 aromatic carbocycles. The number of hydrogen-bond donors (Lipinski definition) is 1. The molecule has 2 rings (SSSR count). The molecule has 1 aromatic heterocycles. The minimum absolute atomic E-state index is 0. The second kappa shape index (κ2) is 11.4. The number of halogens is 4. The minimum Gasteiger partial charge on any atom is -0.460 e. The predicted octanol–water partition coefficient (Wildman–Crippen LogP) is 3.74. The van der Waals surface area contributed by atoms with Crippen molar-refractivity contribution >= 4 is 59.7 Å². The molecule has 0 aliphatic carbocycles. The number of nitrogens with two attached hydrogens (primary N) is 1. The molecule has 0 bridgehead atoms. The summed E-state index contributed by atoms with van der Waals surface area (Å²) in [6.45, 7) is 0.393. The molecule has 5 nitrogen and oxygen atoms in total. The number of carbonyl (C=O) groups is 1. The number of para-hydroxylation sites is 1. The number of rotatable bonds is 6. The van der Waals surface area contributed by atoms with E-state index in [0.717, 1.165) is 5.69 Å². The summed E-state index contributed by atoms with van der Waals surface area (Å²) in [6.07, 6.45) is 0. The minimum atomic E-state index is -0.756. The fraction of sp³-hybridized carbons (Fsp3) is 0.250. The molecule has 0 saturated heterocycles. The van der Waals surface area contributed by atoms with Crippen LogP contribution in [-0.4, -0.2) is 30.6 Å². The Morgan fingerprint density at radius 3 is 2.32 bits per heavy atom. The van der Waals surface area contributed by atoms with Gasteiger partial charge in [-0.25, -0.2) is 4.98 Å². The zero-order chi connectivity index (χ0) is 16.8. The standard InChI is InChI=1S/C16H17Cl2N3O2.2ClH/c1-21(12-5-3-2-4-6-12)9-13(19)16(22)23-10-11-7-14(17)20-15(18)8-11;;/h2-8,13H,9-10,19H2,1H3;2*1H/t13-;;/m0../s1. The number of likely N-dealkylation sites (N-methyl/N-ethyl adjacent to an activating group) is 1. The number of pyridine rings is 1. The summed E-state index contributed by atoms with van der Waals surface area (Å²) in [7, 11) is 1.87. The van der Waals surface area contributed by atoms with Gasteiger partial charge in [0.25, 0.3) is 0 Å². The monoisotopic (exact) mass is 425 g/mol. The number of carbonyl (C=O) groups excluding carboxylic acids is 1. The number of anilines is 1. The van der Waals surface area contributed by atoms with Crippen molar-refractivity contribution < 1.29 is 9.53 Å². The van der Waals surface area contributed by atoms with Gasteiger partial charge in [0.2, 0.25) is 0 Å². The van der Waals surface area contributed by atoms with Crippen LogP contribution < -0.4 is 10.6 Å². The maximum absolute atomic E-state index is 12.0. The second-order valence-electron chi connectivity index (χ2n) is 5.05. The molecule has 1 atom stereocenters. The fourth-order valence-corrected chi connectivity index (χ4v) is 2.52. The summed E-state index contributed by atoms with van der Waals surface area (Å²) >= 11 is 11.6. The molecular formula is C16H19Cl4N3O2. The van der Waals surface area contributed by atoms with Crippen molar-refractivity contribution in [3.8, 4) is 0 Å². The first-order valence-corrected chi connectivity index (χ1v) is 7.71. The maximum Gasteiger partial charge on any atom is 0.325 e. The van der Waals surface area contributed by atoms with E-state index in [4.69, 9.17) is 33.7 Å². The van der Waals surface area contributed by atoms with E-state index >= 15 is 0 Å². The fourth-order valence-electron chi connectivity index (χ4n) is 2.02. The van der Waals surface area contributed by atoms with Crippen molar-refractivity contribution in [3.63, 3.8) is 0 Å². The summed E-state index contributed by atoms with van der Waals surface area (Å²) in [4.78, 5) is 17.7. The highest BCUT2D eigenvalue weighted by molar-refractivity contribution is 6.32. The maximum atomic E-state index is 12.0. The number of hydrogen-bond acceptors (Lipinski definition) is 5. The average Bonchev–Trinajstić information content (AvgIpc) is 2.52. The first-order valence-electron chi connectivity index (χ1n) is 6.96. The third kappa shape index (κ3) is 7.67. The lowest BCUT2D eigenvalue weighted by Gasteiger charge is -2.22. The Morgan fingerprint density at radius 1 is 1.20 bits per heavy atom. The zero-order valence-corrected chi connectivity index (χ0v) is 16.5. The molecule has 2 N–H and O–H groups in total. The largest absolute Gasteiger partial charge is 0.460 e. The van der Waals surface area contributed by atoms with Crippen LogP contribution in [0.3, 0.4) is 0 Å². The van der Waals surface area contributed by atoms with Crippen LogP contribution in [0.1, 0.15) is 5.56 Å². The lowest BCUT2D eigenvalue weighted by Crippen LogP contribution is -2.42. The molecule has 0 aliphatic rings. The van der Waals surface area contributed by atoms with Gasteiger partial charge in [-0.05, 0) is 29.8 Å². The SMILES string of the molecule is CN(C[C@H](N)C(=O)OCc1cc(Cl)nc(Cl)c1)c1ccccc1.Cl.Cl. The Morgan fingerprint density at radius 2 is 1.76 bits per heavy atom. The number of benzene rings is 1. The van der Waals surface area contributed by atoms with E-state index in [1.807, 2.05) is 42.3 Å². The van der Waals surface area contributed by atoms with Crippen LogP contribution in [0.5, 0.6) is 0 Å². The summed E-state index contributed by atoms with van der Waals surface area (Å²) in [5, 5.41) is 0.494. The molecule has 9 heteroatoms. The molecule has 0 radical (unpaired) electrons. The highest BCUT2D eigenvalue weighted by Gasteiger charge is 2.18. The quantitative estimate of drug-likeness (QED) is 0.562. The lowest BCUT2D eigenvalue weighted by molar-refractivity contribution is -0.146. The van der Waals surface area contributed by atoms with Crippen LogP contribution in [0.15, 0.2) is 42.5 Å². The van der Waals surface area contributed by atoms with E-state index in [-0.39, 0.29) is 41.7 Å². The van der Waals surface area contributed by atoms with Gasteiger partial charge in [0.1, 0.15) is 23.0 Å². The first-order chi connectivity index (χ1) is 11.0. The van der Waals surface area contributed by atoms with Crippen LogP contribution in [0.2, 0.25) is 10.3 Å². The van der Waals surface area contributed by atoms with E-state index in [9.17, 15) is 4.79 Å². The van der Waals surface area contributed by atoms with Crippen molar-refractivity contribution in [2.24, 2.45) is 5.73 Å². The van der Waals surface area contributed by atoms with Crippen LogP contribution >= 0.6 is 48.0 Å². The number of ether oxygens (including phenoxy) is 1. The highest BCUT2D eigenvalue weighted by Crippen LogP contribution is 2.16.